The maximum atomic E-state index is 12.3. The fraction of sp³-hybridized carbons (Fsp3) is 0.263. The lowest BCUT2D eigenvalue weighted by Crippen LogP contribution is -2.24. The molecule has 0 saturated heterocycles. The summed E-state index contributed by atoms with van der Waals surface area (Å²) in [6, 6.07) is 12.3. The Morgan fingerprint density at radius 2 is 1.62 bits per heavy atom. The summed E-state index contributed by atoms with van der Waals surface area (Å²) in [6.07, 6.45) is 1.99. The molecule has 24 heavy (non-hydrogen) atoms. The third kappa shape index (κ3) is 4.93. The van der Waals surface area contributed by atoms with Crippen molar-refractivity contribution in [3.8, 4) is 0 Å². The van der Waals surface area contributed by atoms with E-state index < -0.39 is 0 Å². The van der Waals surface area contributed by atoms with Gasteiger partial charge in [-0.3, -0.25) is 9.59 Å². The van der Waals surface area contributed by atoms with Crippen molar-refractivity contribution in [1.82, 2.24) is 5.32 Å². The number of unbranched alkanes of at least 4 members (excludes halogenated alkanes) is 1. The van der Waals surface area contributed by atoms with Gasteiger partial charge in [0.2, 0.25) is 0 Å². The minimum Gasteiger partial charge on any atom is -0.352 e. The van der Waals surface area contributed by atoms with Crippen LogP contribution in [0.25, 0.3) is 0 Å². The summed E-state index contributed by atoms with van der Waals surface area (Å²) in [7, 11) is 0. The van der Waals surface area contributed by atoms with Crippen molar-refractivity contribution in [2.24, 2.45) is 0 Å². The molecule has 2 aromatic carbocycles. The summed E-state index contributed by atoms with van der Waals surface area (Å²) in [6.45, 7) is 4.71. The number of aryl methyl sites for hydroxylation is 1. The second kappa shape index (κ2) is 8.64. The zero-order valence-corrected chi connectivity index (χ0v) is 15.4. The standard InChI is InChI=1S/C19H21BrN2O2/c1-3-4-11-21-18(23)14-5-7-15(8-6-14)19(24)22-16-9-10-17(20)13(2)12-16/h5-10,12H,3-4,11H2,1-2H3,(H,21,23)(H,22,24). The summed E-state index contributed by atoms with van der Waals surface area (Å²) in [4.78, 5) is 24.2. The third-order valence-electron chi connectivity index (χ3n) is 3.64. The Morgan fingerprint density at radius 1 is 1.00 bits per heavy atom. The summed E-state index contributed by atoms with van der Waals surface area (Å²) in [5, 5.41) is 5.71. The van der Waals surface area contributed by atoms with Gasteiger partial charge in [0, 0.05) is 27.8 Å². The maximum Gasteiger partial charge on any atom is 0.255 e. The van der Waals surface area contributed by atoms with Crippen LogP contribution in [0.15, 0.2) is 46.9 Å². The minimum atomic E-state index is -0.199. The first kappa shape index (κ1) is 18.2. The second-order valence-corrected chi connectivity index (χ2v) is 6.46. The largest absolute Gasteiger partial charge is 0.352 e. The predicted octanol–water partition coefficient (Wildman–Crippen LogP) is 4.54. The molecule has 2 amide bonds. The van der Waals surface area contributed by atoms with Crippen LogP contribution >= 0.6 is 15.9 Å². The van der Waals surface area contributed by atoms with Crippen LogP contribution in [-0.2, 0) is 0 Å². The quantitative estimate of drug-likeness (QED) is 0.713. The van der Waals surface area contributed by atoms with Gasteiger partial charge in [0.25, 0.3) is 11.8 Å². The second-order valence-electron chi connectivity index (χ2n) is 5.60. The van der Waals surface area contributed by atoms with E-state index in [1.54, 1.807) is 24.3 Å². The van der Waals surface area contributed by atoms with Crippen molar-refractivity contribution < 1.29 is 9.59 Å². The fourth-order valence-corrected chi connectivity index (χ4v) is 2.43. The number of amides is 2. The molecule has 2 aromatic rings. The lowest BCUT2D eigenvalue weighted by atomic mass is 10.1. The third-order valence-corrected chi connectivity index (χ3v) is 4.53. The zero-order chi connectivity index (χ0) is 17.5. The number of benzene rings is 2. The number of halogens is 1. The van der Waals surface area contributed by atoms with Gasteiger partial charge < -0.3 is 10.6 Å². The van der Waals surface area contributed by atoms with Gasteiger partial charge in [-0.25, -0.2) is 0 Å². The van der Waals surface area contributed by atoms with Gasteiger partial charge in [-0.1, -0.05) is 29.3 Å². The van der Waals surface area contributed by atoms with Crippen molar-refractivity contribution in [2.45, 2.75) is 26.7 Å². The summed E-state index contributed by atoms with van der Waals surface area (Å²) >= 11 is 3.43. The summed E-state index contributed by atoms with van der Waals surface area (Å²) in [5.41, 5.74) is 2.86. The van der Waals surface area contributed by atoms with Crippen LogP contribution in [0.2, 0.25) is 0 Å². The SMILES string of the molecule is CCCCNC(=O)c1ccc(C(=O)Nc2ccc(Br)c(C)c2)cc1. The highest BCUT2D eigenvalue weighted by Gasteiger charge is 2.09. The van der Waals surface area contributed by atoms with Crippen molar-refractivity contribution in [3.63, 3.8) is 0 Å². The molecule has 2 N–H and O–H groups in total. The summed E-state index contributed by atoms with van der Waals surface area (Å²) < 4.78 is 0.999. The van der Waals surface area contributed by atoms with E-state index in [9.17, 15) is 9.59 Å². The Bertz CT molecular complexity index is 727. The van der Waals surface area contributed by atoms with Crippen molar-refractivity contribution in [2.75, 3.05) is 11.9 Å². The molecule has 0 aliphatic heterocycles. The van der Waals surface area contributed by atoms with Crippen LogP contribution in [0.5, 0.6) is 0 Å². The summed E-state index contributed by atoms with van der Waals surface area (Å²) in [5.74, 6) is -0.311. The van der Waals surface area contributed by atoms with Crippen LogP contribution in [0, 0.1) is 6.92 Å². The highest BCUT2D eigenvalue weighted by molar-refractivity contribution is 9.10. The van der Waals surface area contributed by atoms with E-state index in [0.717, 1.165) is 28.6 Å². The topological polar surface area (TPSA) is 58.2 Å². The Balaban J connectivity index is 2.00. The maximum absolute atomic E-state index is 12.3. The molecule has 0 aliphatic carbocycles. The first-order valence-electron chi connectivity index (χ1n) is 7.97. The number of nitrogens with one attached hydrogen (secondary N) is 2. The van der Waals surface area contributed by atoms with Gasteiger partial charge in [-0.15, -0.1) is 0 Å². The molecule has 4 nitrogen and oxygen atoms in total. The molecule has 0 atom stereocenters. The molecule has 0 bridgehead atoms. The van der Waals surface area contributed by atoms with E-state index in [-0.39, 0.29) is 11.8 Å². The van der Waals surface area contributed by atoms with Crippen LogP contribution < -0.4 is 10.6 Å². The van der Waals surface area contributed by atoms with E-state index in [1.807, 2.05) is 25.1 Å². The monoisotopic (exact) mass is 388 g/mol. The number of anilines is 1. The smallest absolute Gasteiger partial charge is 0.255 e. The molecule has 0 heterocycles. The molecule has 0 fully saturated rings. The zero-order valence-electron chi connectivity index (χ0n) is 13.9. The first-order chi connectivity index (χ1) is 11.5. The fourth-order valence-electron chi connectivity index (χ4n) is 2.18. The van der Waals surface area contributed by atoms with Crippen LogP contribution in [0.1, 0.15) is 46.0 Å². The highest BCUT2D eigenvalue weighted by atomic mass is 79.9. The number of hydrogen-bond donors (Lipinski definition) is 2. The average Bonchev–Trinajstić information content (AvgIpc) is 2.58. The van der Waals surface area contributed by atoms with Crippen molar-refractivity contribution >= 4 is 33.4 Å². The van der Waals surface area contributed by atoms with Crippen molar-refractivity contribution in [1.29, 1.82) is 0 Å². The van der Waals surface area contributed by atoms with E-state index in [0.29, 0.717) is 17.7 Å². The molecule has 0 saturated carbocycles. The highest BCUT2D eigenvalue weighted by Crippen LogP contribution is 2.20. The molecule has 0 spiro atoms. The number of carbonyl (C=O) groups excluding carboxylic acids is 2. The molecular formula is C19H21BrN2O2. The number of rotatable bonds is 6. The number of hydrogen-bond acceptors (Lipinski definition) is 2. The van der Waals surface area contributed by atoms with E-state index in [2.05, 4.69) is 33.5 Å². The Hall–Kier alpha value is -2.14. The van der Waals surface area contributed by atoms with Gasteiger partial charge in [-0.2, -0.15) is 0 Å². The lowest BCUT2D eigenvalue weighted by Gasteiger charge is -2.08. The van der Waals surface area contributed by atoms with Crippen LogP contribution in [0.3, 0.4) is 0 Å². The van der Waals surface area contributed by atoms with Crippen LogP contribution in [0.4, 0.5) is 5.69 Å². The van der Waals surface area contributed by atoms with Gasteiger partial charge in [-0.05, 0) is 61.4 Å². The normalized spacial score (nSPS) is 10.3. The average molecular weight is 389 g/mol. The molecule has 0 radical (unpaired) electrons. The molecule has 126 valence electrons. The molecule has 2 rings (SSSR count). The van der Waals surface area contributed by atoms with Gasteiger partial charge >= 0.3 is 0 Å². The molecule has 5 heteroatoms. The van der Waals surface area contributed by atoms with Gasteiger partial charge in [0.1, 0.15) is 0 Å². The minimum absolute atomic E-state index is 0.112. The van der Waals surface area contributed by atoms with E-state index in [4.69, 9.17) is 0 Å². The van der Waals surface area contributed by atoms with E-state index in [1.165, 1.54) is 0 Å². The van der Waals surface area contributed by atoms with E-state index >= 15 is 0 Å². The predicted molar refractivity (Wildman–Crippen MR) is 101 cm³/mol. The van der Waals surface area contributed by atoms with Gasteiger partial charge in [0.05, 0.1) is 0 Å². The Labute approximate surface area is 150 Å². The van der Waals surface area contributed by atoms with Crippen molar-refractivity contribution in [3.05, 3.63) is 63.6 Å². The van der Waals surface area contributed by atoms with Crippen LogP contribution in [-0.4, -0.2) is 18.4 Å². The lowest BCUT2D eigenvalue weighted by molar-refractivity contribution is 0.0951. The number of carbonyl (C=O) groups is 2. The molecular weight excluding hydrogens is 368 g/mol. The molecule has 0 aliphatic rings. The molecule has 0 unspecified atom stereocenters. The molecule has 0 aromatic heterocycles. The van der Waals surface area contributed by atoms with Gasteiger partial charge in [0.15, 0.2) is 0 Å². The Morgan fingerprint density at radius 3 is 2.21 bits per heavy atom. The Kier molecular flexibility index (Phi) is 6.55. The first-order valence-corrected chi connectivity index (χ1v) is 8.76.